The van der Waals surface area contributed by atoms with Gasteiger partial charge in [0.1, 0.15) is 0 Å². The standard InChI is InChI=1S/C11H21N3OS/c1-5-6-7-12-8-9-10(15-4)13-11(16-9)14(2)3/h12H,5-8H2,1-4H3. The van der Waals surface area contributed by atoms with E-state index in [1.165, 1.54) is 17.7 Å². The number of anilines is 1. The van der Waals surface area contributed by atoms with Crippen LogP contribution in [0.4, 0.5) is 5.13 Å². The van der Waals surface area contributed by atoms with Crippen LogP contribution in [0.5, 0.6) is 5.88 Å². The average molecular weight is 243 g/mol. The number of thiazole rings is 1. The fourth-order valence-corrected chi connectivity index (χ4v) is 2.21. The molecule has 1 rings (SSSR count). The SMILES string of the molecule is CCCCNCc1sc(N(C)C)nc1OC. The molecule has 0 fully saturated rings. The first-order chi connectivity index (χ1) is 7.69. The average Bonchev–Trinajstić information content (AvgIpc) is 2.68. The lowest BCUT2D eigenvalue weighted by molar-refractivity contribution is 0.394. The van der Waals surface area contributed by atoms with Crippen molar-refractivity contribution in [1.82, 2.24) is 10.3 Å². The van der Waals surface area contributed by atoms with E-state index in [9.17, 15) is 0 Å². The van der Waals surface area contributed by atoms with Crippen molar-refractivity contribution in [3.05, 3.63) is 4.88 Å². The zero-order valence-electron chi connectivity index (χ0n) is 10.5. The molecule has 0 amide bonds. The van der Waals surface area contributed by atoms with Crippen molar-refractivity contribution in [3.8, 4) is 5.88 Å². The molecule has 0 atom stereocenters. The third-order valence-corrected chi connectivity index (χ3v) is 3.42. The zero-order chi connectivity index (χ0) is 12.0. The molecule has 0 aliphatic rings. The van der Waals surface area contributed by atoms with E-state index in [4.69, 9.17) is 4.74 Å². The lowest BCUT2D eigenvalue weighted by Gasteiger charge is -2.05. The highest BCUT2D eigenvalue weighted by molar-refractivity contribution is 7.15. The molecule has 0 aliphatic heterocycles. The van der Waals surface area contributed by atoms with Gasteiger partial charge in [-0.05, 0) is 13.0 Å². The molecule has 0 bridgehead atoms. The van der Waals surface area contributed by atoms with Gasteiger partial charge in [0.2, 0.25) is 5.88 Å². The van der Waals surface area contributed by atoms with E-state index in [0.717, 1.165) is 24.1 Å². The first-order valence-electron chi connectivity index (χ1n) is 5.60. The zero-order valence-corrected chi connectivity index (χ0v) is 11.4. The van der Waals surface area contributed by atoms with Crippen molar-refractivity contribution < 1.29 is 4.74 Å². The van der Waals surface area contributed by atoms with Crippen LogP contribution in [0.25, 0.3) is 0 Å². The van der Waals surface area contributed by atoms with Crippen LogP contribution in [0.2, 0.25) is 0 Å². The van der Waals surface area contributed by atoms with Gasteiger partial charge in [0.25, 0.3) is 0 Å². The minimum absolute atomic E-state index is 0.748. The highest BCUT2D eigenvalue weighted by atomic mass is 32.1. The molecule has 0 unspecified atom stereocenters. The first-order valence-corrected chi connectivity index (χ1v) is 6.42. The van der Waals surface area contributed by atoms with Crippen LogP contribution in [0.15, 0.2) is 0 Å². The highest BCUT2D eigenvalue weighted by Gasteiger charge is 2.12. The van der Waals surface area contributed by atoms with E-state index in [-0.39, 0.29) is 0 Å². The molecule has 4 nitrogen and oxygen atoms in total. The summed E-state index contributed by atoms with van der Waals surface area (Å²) in [6.07, 6.45) is 2.43. The van der Waals surface area contributed by atoms with Crippen LogP contribution in [-0.2, 0) is 6.54 Å². The predicted octanol–water partition coefficient (Wildman–Crippen LogP) is 2.11. The molecule has 5 heteroatoms. The van der Waals surface area contributed by atoms with Gasteiger partial charge in [-0.15, -0.1) is 0 Å². The second-order valence-electron chi connectivity index (χ2n) is 3.85. The number of nitrogens with zero attached hydrogens (tertiary/aromatic N) is 2. The number of hydrogen-bond acceptors (Lipinski definition) is 5. The molecule has 1 aromatic heterocycles. The third kappa shape index (κ3) is 3.64. The summed E-state index contributed by atoms with van der Waals surface area (Å²) in [5.74, 6) is 0.748. The Kier molecular flexibility index (Phi) is 5.55. The summed E-state index contributed by atoms with van der Waals surface area (Å²) >= 11 is 1.68. The van der Waals surface area contributed by atoms with Gasteiger partial charge in [-0.2, -0.15) is 4.98 Å². The number of unbranched alkanes of at least 4 members (excludes halogenated alkanes) is 1. The van der Waals surface area contributed by atoms with Crippen LogP contribution >= 0.6 is 11.3 Å². The molecule has 0 aromatic carbocycles. The Morgan fingerprint density at radius 3 is 2.75 bits per heavy atom. The van der Waals surface area contributed by atoms with Crippen molar-refractivity contribution in [2.75, 3.05) is 32.6 Å². The summed E-state index contributed by atoms with van der Waals surface area (Å²) in [5, 5.41) is 4.39. The third-order valence-electron chi connectivity index (χ3n) is 2.22. The lowest BCUT2D eigenvalue weighted by Crippen LogP contribution is -2.14. The second-order valence-corrected chi connectivity index (χ2v) is 4.92. The lowest BCUT2D eigenvalue weighted by atomic mass is 10.3. The number of methoxy groups -OCH3 is 1. The van der Waals surface area contributed by atoms with Gasteiger partial charge in [-0.3, -0.25) is 0 Å². The van der Waals surface area contributed by atoms with Crippen LogP contribution in [0.3, 0.4) is 0 Å². The van der Waals surface area contributed by atoms with Gasteiger partial charge in [0.15, 0.2) is 5.13 Å². The Balaban J connectivity index is 2.56. The van der Waals surface area contributed by atoms with E-state index >= 15 is 0 Å². The second kappa shape index (κ2) is 6.70. The number of rotatable bonds is 7. The number of nitrogens with one attached hydrogen (secondary N) is 1. The van der Waals surface area contributed by atoms with Crippen LogP contribution in [0.1, 0.15) is 24.6 Å². The van der Waals surface area contributed by atoms with Crippen molar-refractivity contribution in [3.63, 3.8) is 0 Å². The number of hydrogen-bond donors (Lipinski definition) is 1. The maximum absolute atomic E-state index is 5.27. The van der Waals surface area contributed by atoms with Gasteiger partial charge in [-0.1, -0.05) is 24.7 Å². The van der Waals surface area contributed by atoms with Gasteiger partial charge in [0, 0.05) is 20.6 Å². The van der Waals surface area contributed by atoms with E-state index in [0.29, 0.717) is 0 Å². The minimum atomic E-state index is 0.748. The molecule has 0 saturated carbocycles. The molecule has 16 heavy (non-hydrogen) atoms. The molecular weight excluding hydrogens is 222 g/mol. The Bertz CT molecular complexity index is 312. The van der Waals surface area contributed by atoms with Crippen molar-refractivity contribution >= 4 is 16.5 Å². The summed E-state index contributed by atoms with van der Waals surface area (Å²) in [5.41, 5.74) is 0. The molecule has 92 valence electrons. The highest BCUT2D eigenvalue weighted by Crippen LogP contribution is 2.30. The predicted molar refractivity (Wildman–Crippen MR) is 69.6 cm³/mol. The smallest absolute Gasteiger partial charge is 0.230 e. The van der Waals surface area contributed by atoms with E-state index in [1.807, 2.05) is 19.0 Å². The Labute approximate surface area is 102 Å². The van der Waals surface area contributed by atoms with E-state index < -0.39 is 0 Å². The van der Waals surface area contributed by atoms with Crippen LogP contribution < -0.4 is 15.0 Å². The van der Waals surface area contributed by atoms with E-state index in [1.54, 1.807) is 18.4 Å². The number of aromatic nitrogens is 1. The largest absolute Gasteiger partial charge is 0.480 e. The number of ether oxygens (including phenoxy) is 1. The molecule has 1 heterocycles. The minimum Gasteiger partial charge on any atom is -0.480 e. The Morgan fingerprint density at radius 1 is 1.44 bits per heavy atom. The molecule has 0 spiro atoms. The quantitative estimate of drug-likeness (QED) is 0.744. The maximum atomic E-state index is 5.27. The van der Waals surface area contributed by atoms with E-state index in [2.05, 4.69) is 17.2 Å². The van der Waals surface area contributed by atoms with Crippen molar-refractivity contribution in [1.29, 1.82) is 0 Å². The summed E-state index contributed by atoms with van der Waals surface area (Å²) < 4.78 is 5.27. The first kappa shape index (κ1) is 13.3. The molecule has 0 radical (unpaired) electrons. The molecule has 0 aliphatic carbocycles. The van der Waals surface area contributed by atoms with Crippen LogP contribution in [-0.4, -0.2) is 32.7 Å². The van der Waals surface area contributed by atoms with Gasteiger partial charge < -0.3 is 15.0 Å². The summed E-state index contributed by atoms with van der Waals surface area (Å²) in [6, 6.07) is 0. The molecule has 1 N–H and O–H groups in total. The van der Waals surface area contributed by atoms with Crippen molar-refractivity contribution in [2.45, 2.75) is 26.3 Å². The topological polar surface area (TPSA) is 37.4 Å². The summed E-state index contributed by atoms with van der Waals surface area (Å²) in [6.45, 7) is 4.09. The monoisotopic (exact) mass is 243 g/mol. The molecular formula is C11H21N3OS. The fraction of sp³-hybridized carbons (Fsp3) is 0.727. The molecule has 1 aromatic rings. The fourth-order valence-electron chi connectivity index (χ4n) is 1.29. The summed E-state index contributed by atoms with van der Waals surface area (Å²) in [4.78, 5) is 7.58. The normalized spacial score (nSPS) is 10.5. The van der Waals surface area contributed by atoms with Gasteiger partial charge in [-0.25, -0.2) is 0 Å². The maximum Gasteiger partial charge on any atom is 0.230 e. The van der Waals surface area contributed by atoms with Crippen LogP contribution in [0, 0.1) is 0 Å². The van der Waals surface area contributed by atoms with Gasteiger partial charge >= 0.3 is 0 Å². The summed E-state index contributed by atoms with van der Waals surface area (Å²) in [7, 11) is 5.66. The molecule has 0 saturated heterocycles. The Hall–Kier alpha value is -0.810. The Morgan fingerprint density at radius 2 is 2.19 bits per heavy atom. The van der Waals surface area contributed by atoms with Gasteiger partial charge in [0.05, 0.1) is 12.0 Å². The van der Waals surface area contributed by atoms with Crippen molar-refractivity contribution in [2.24, 2.45) is 0 Å².